The number of hydrogen-bond donors (Lipinski definition) is 1. The average molecular weight is 603 g/mol. The van der Waals surface area contributed by atoms with Gasteiger partial charge < -0.3 is 43.3 Å². The summed E-state index contributed by atoms with van der Waals surface area (Å²) in [5, 5.41) is 3.23. The summed E-state index contributed by atoms with van der Waals surface area (Å²) in [6.45, 7) is 4.91. The summed E-state index contributed by atoms with van der Waals surface area (Å²) < 4.78 is 37.8. The summed E-state index contributed by atoms with van der Waals surface area (Å²) in [5.74, 6) is -1.72. The molecule has 2 aliphatic rings. The normalized spacial score (nSPS) is 18.0. The van der Waals surface area contributed by atoms with Crippen molar-refractivity contribution in [3.63, 3.8) is 0 Å². The van der Waals surface area contributed by atoms with E-state index in [4.69, 9.17) is 38.0 Å². The van der Waals surface area contributed by atoms with E-state index in [1.165, 1.54) is 0 Å². The first kappa shape index (κ1) is 35.6. The third-order valence-corrected chi connectivity index (χ3v) is 6.02. The number of ether oxygens (including phenoxy) is 7. The number of alkyl carbamates (subject to hydrolysis) is 1. The van der Waals surface area contributed by atoms with Crippen LogP contribution in [0.1, 0.15) is 51.4 Å². The summed E-state index contributed by atoms with van der Waals surface area (Å²) in [5.41, 5.74) is 0. The molecule has 0 bridgehead atoms. The van der Waals surface area contributed by atoms with Crippen LogP contribution in [0, 0.1) is 0 Å². The first-order valence-electron chi connectivity index (χ1n) is 14.7. The first-order valence-corrected chi connectivity index (χ1v) is 14.7. The van der Waals surface area contributed by atoms with Gasteiger partial charge in [-0.3, -0.25) is 9.59 Å². The Balaban J connectivity index is 1.23. The molecule has 0 radical (unpaired) electrons. The third-order valence-electron chi connectivity index (χ3n) is 6.02. The maximum Gasteiger partial charge on any atom is 0.407 e. The fourth-order valence-electron chi connectivity index (χ4n) is 3.82. The molecule has 1 heterocycles. The number of nitrogens with one attached hydrogen (secondary N) is 1. The molecule has 3 amide bonds. The molecule has 0 aromatic heterocycles. The number of carbonyl (C=O) groups is 4. The lowest BCUT2D eigenvalue weighted by Crippen LogP contribution is -2.32. The van der Waals surface area contributed by atoms with Gasteiger partial charge in [-0.05, 0) is 32.1 Å². The van der Waals surface area contributed by atoms with Crippen LogP contribution in [0.2, 0.25) is 0 Å². The molecule has 42 heavy (non-hydrogen) atoms. The fourth-order valence-corrected chi connectivity index (χ4v) is 3.82. The second-order valence-electron chi connectivity index (χ2n) is 9.40. The highest BCUT2D eigenvalue weighted by Crippen LogP contribution is 2.15. The quantitative estimate of drug-likeness (QED) is 0.103. The van der Waals surface area contributed by atoms with Gasteiger partial charge in [0, 0.05) is 19.4 Å². The third kappa shape index (κ3) is 18.0. The zero-order chi connectivity index (χ0) is 30.1. The van der Waals surface area contributed by atoms with Gasteiger partial charge in [0.25, 0.3) is 11.8 Å². The summed E-state index contributed by atoms with van der Waals surface area (Å²) in [6, 6.07) is 0. The zero-order valence-electron chi connectivity index (χ0n) is 24.4. The van der Waals surface area contributed by atoms with E-state index < -0.39 is 23.9 Å². The van der Waals surface area contributed by atoms with Crippen molar-refractivity contribution >= 4 is 23.9 Å². The number of nitrogens with zero attached hydrogens (tertiary/aromatic N) is 1. The number of hydrogen-bond acceptors (Lipinski definition) is 12. The van der Waals surface area contributed by atoms with Crippen LogP contribution in [0.4, 0.5) is 4.79 Å². The van der Waals surface area contributed by atoms with Crippen LogP contribution in [-0.2, 0) is 52.4 Å². The van der Waals surface area contributed by atoms with E-state index in [1.54, 1.807) is 0 Å². The molecule has 1 saturated heterocycles. The summed E-state index contributed by atoms with van der Waals surface area (Å²) >= 11 is 0. The Kier molecular flexibility index (Phi) is 20.2. The molecule has 2 rings (SSSR count). The predicted octanol–water partition coefficient (Wildman–Crippen LogP) is 1.70. The van der Waals surface area contributed by atoms with E-state index in [9.17, 15) is 19.2 Å². The van der Waals surface area contributed by atoms with Crippen LogP contribution in [0.5, 0.6) is 0 Å². The molecule has 14 nitrogen and oxygen atoms in total. The van der Waals surface area contributed by atoms with Crippen LogP contribution < -0.4 is 5.32 Å². The highest BCUT2D eigenvalue weighted by molar-refractivity contribution is 6.01. The van der Waals surface area contributed by atoms with Gasteiger partial charge in [0.15, 0.2) is 0 Å². The van der Waals surface area contributed by atoms with Gasteiger partial charge in [-0.15, -0.1) is 5.06 Å². The van der Waals surface area contributed by atoms with E-state index in [0.29, 0.717) is 77.7 Å². The van der Waals surface area contributed by atoms with E-state index in [0.717, 1.165) is 32.1 Å². The molecular weight excluding hydrogens is 556 g/mol. The predicted molar refractivity (Wildman–Crippen MR) is 147 cm³/mol. The van der Waals surface area contributed by atoms with Gasteiger partial charge in [-0.25, -0.2) is 9.59 Å². The summed E-state index contributed by atoms with van der Waals surface area (Å²) in [7, 11) is 0. The fraction of sp³-hybridized carbons (Fsp3) is 0.786. The van der Waals surface area contributed by atoms with Crippen LogP contribution >= 0.6 is 0 Å². The van der Waals surface area contributed by atoms with Crippen molar-refractivity contribution in [2.24, 2.45) is 0 Å². The number of amides is 3. The summed E-state index contributed by atoms with van der Waals surface area (Å²) in [6.07, 6.45) is 8.75. The molecule has 1 fully saturated rings. The Morgan fingerprint density at radius 3 is 1.76 bits per heavy atom. The highest BCUT2D eigenvalue weighted by atomic mass is 16.7. The molecule has 1 N–H and O–H groups in total. The monoisotopic (exact) mass is 602 g/mol. The molecule has 14 heteroatoms. The van der Waals surface area contributed by atoms with Gasteiger partial charge >= 0.3 is 12.1 Å². The van der Waals surface area contributed by atoms with Crippen molar-refractivity contribution in [1.29, 1.82) is 0 Å². The van der Waals surface area contributed by atoms with Crippen molar-refractivity contribution in [1.82, 2.24) is 10.4 Å². The first-order chi connectivity index (χ1) is 20.6. The Morgan fingerprint density at radius 1 is 0.690 bits per heavy atom. The van der Waals surface area contributed by atoms with Gasteiger partial charge in [0.2, 0.25) is 0 Å². The van der Waals surface area contributed by atoms with Crippen LogP contribution in [0.3, 0.4) is 0 Å². The Hall–Kier alpha value is -2.62. The van der Waals surface area contributed by atoms with Gasteiger partial charge in [-0.2, -0.15) is 0 Å². The van der Waals surface area contributed by atoms with Gasteiger partial charge in [0.1, 0.15) is 6.10 Å². The standard InChI is InChI=1S/C28H46N2O12/c31-25-8-9-26(32)30(25)42-27(33)10-12-35-14-16-37-18-20-39-22-23-40-21-19-38-17-15-36-13-11-29-28(34)41-24-6-4-2-1-3-5-7-24/h1-2,24H,3-23H2,(H,29,34)/b2-1-. The minimum absolute atomic E-state index is 0.0196. The minimum Gasteiger partial charge on any atom is -0.446 e. The largest absolute Gasteiger partial charge is 0.446 e. The second-order valence-corrected chi connectivity index (χ2v) is 9.40. The molecule has 240 valence electrons. The maximum absolute atomic E-state index is 11.9. The maximum atomic E-state index is 11.9. The van der Waals surface area contributed by atoms with Crippen molar-refractivity contribution in [3.05, 3.63) is 12.2 Å². The van der Waals surface area contributed by atoms with Crippen molar-refractivity contribution in [2.75, 3.05) is 85.8 Å². The molecule has 1 atom stereocenters. The highest BCUT2D eigenvalue weighted by Gasteiger charge is 2.32. The van der Waals surface area contributed by atoms with Gasteiger partial charge in [-0.1, -0.05) is 12.2 Å². The topological polar surface area (TPSA) is 157 Å². The Morgan fingerprint density at radius 2 is 1.19 bits per heavy atom. The van der Waals surface area contributed by atoms with Crippen molar-refractivity contribution in [3.8, 4) is 0 Å². The molecule has 0 spiro atoms. The van der Waals surface area contributed by atoms with E-state index in [2.05, 4.69) is 17.5 Å². The van der Waals surface area contributed by atoms with E-state index in [-0.39, 0.29) is 38.6 Å². The summed E-state index contributed by atoms with van der Waals surface area (Å²) in [4.78, 5) is 51.0. The SMILES string of the molecule is O=C(CCOCCOCCOCCOCCOCCOCCNC(=O)OC1CC/C=C\CCC1)ON1C(=O)CCC1=O. The van der Waals surface area contributed by atoms with Crippen LogP contribution in [0.25, 0.3) is 0 Å². The van der Waals surface area contributed by atoms with Crippen LogP contribution in [0.15, 0.2) is 12.2 Å². The number of imide groups is 1. The van der Waals surface area contributed by atoms with Crippen LogP contribution in [-0.4, -0.2) is 121 Å². The lowest BCUT2D eigenvalue weighted by atomic mass is 10.0. The number of carbonyl (C=O) groups excluding carboxylic acids is 4. The van der Waals surface area contributed by atoms with E-state index >= 15 is 0 Å². The Labute approximate surface area is 247 Å². The smallest absolute Gasteiger partial charge is 0.407 e. The minimum atomic E-state index is -0.700. The van der Waals surface area contributed by atoms with E-state index in [1.807, 2.05) is 0 Å². The lowest BCUT2D eigenvalue weighted by molar-refractivity contribution is -0.198. The molecule has 1 unspecified atom stereocenters. The number of hydroxylamine groups is 2. The second kappa shape index (κ2) is 23.9. The van der Waals surface area contributed by atoms with Gasteiger partial charge in [0.05, 0.1) is 85.7 Å². The zero-order valence-corrected chi connectivity index (χ0v) is 24.4. The molecule has 0 aromatic carbocycles. The molecular formula is C28H46N2O12. The lowest BCUT2D eigenvalue weighted by Gasteiger charge is -2.18. The van der Waals surface area contributed by atoms with Crippen molar-refractivity contribution < 1.29 is 57.2 Å². The molecule has 0 saturated carbocycles. The number of rotatable bonds is 23. The molecule has 1 aliphatic heterocycles. The van der Waals surface area contributed by atoms with Crippen molar-refractivity contribution in [2.45, 2.75) is 57.5 Å². The molecule has 1 aliphatic carbocycles. The number of allylic oxidation sites excluding steroid dienone is 2. The molecule has 0 aromatic rings. The Bertz CT molecular complexity index is 794. The average Bonchev–Trinajstić information content (AvgIpc) is 3.27.